The number of aromatic amines is 1. The summed E-state index contributed by atoms with van der Waals surface area (Å²) in [4.78, 5) is 30.6. The summed E-state index contributed by atoms with van der Waals surface area (Å²) in [5.41, 5.74) is 1.71. The normalized spacial score (nSPS) is 12.3. The molecular weight excluding hydrogens is 387 g/mol. The first-order valence-corrected chi connectivity index (χ1v) is 8.50. The lowest BCUT2D eigenvalue weighted by Crippen LogP contribution is -2.31. The number of hydrogen-bond acceptors (Lipinski definition) is 4. The molecular formula is C20H16F3N3O3. The van der Waals surface area contributed by atoms with Crippen molar-refractivity contribution in [3.8, 4) is 5.75 Å². The predicted octanol–water partition coefficient (Wildman–Crippen LogP) is 3.50. The van der Waals surface area contributed by atoms with E-state index in [1.807, 2.05) is 13.0 Å². The standard InChI is InChI=1S/C20H16F3N3O3/c1-12-3-2-10-24-17(12)18(26-19(28)14-6-9-16(27)25-11-14)13-4-7-15(8-5-13)29-20(21,22)23/h2-11,18H,1H3,(H,25,27)(H,26,28). The molecule has 2 heterocycles. The van der Waals surface area contributed by atoms with Gasteiger partial charge in [0.2, 0.25) is 5.56 Å². The number of aromatic nitrogens is 2. The van der Waals surface area contributed by atoms with E-state index < -0.39 is 18.3 Å². The Kier molecular flexibility index (Phi) is 5.67. The van der Waals surface area contributed by atoms with Gasteiger partial charge in [-0.25, -0.2) is 0 Å². The zero-order valence-corrected chi connectivity index (χ0v) is 15.2. The zero-order valence-electron chi connectivity index (χ0n) is 15.2. The van der Waals surface area contributed by atoms with Crippen LogP contribution in [0.4, 0.5) is 13.2 Å². The Hall–Kier alpha value is -3.62. The van der Waals surface area contributed by atoms with E-state index in [0.717, 1.165) is 5.56 Å². The van der Waals surface area contributed by atoms with Gasteiger partial charge in [0, 0.05) is 18.5 Å². The average molecular weight is 403 g/mol. The first-order valence-electron chi connectivity index (χ1n) is 8.50. The fraction of sp³-hybridized carbons (Fsp3) is 0.150. The summed E-state index contributed by atoms with van der Waals surface area (Å²) in [5.74, 6) is -0.850. The van der Waals surface area contributed by atoms with Crippen LogP contribution >= 0.6 is 0 Å². The summed E-state index contributed by atoms with van der Waals surface area (Å²) >= 11 is 0. The fourth-order valence-corrected chi connectivity index (χ4v) is 2.74. The van der Waals surface area contributed by atoms with Crippen molar-refractivity contribution >= 4 is 5.91 Å². The lowest BCUT2D eigenvalue weighted by atomic mass is 9.99. The Balaban J connectivity index is 1.93. The number of hydrogen-bond donors (Lipinski definition) is 2. The van der Waals surface area contributed by atoms with Gasteiger partial charge in [0.05, 0.1) is 17.3 Å². The van der Waals surface area contributed by atoms with Crippen LogP contribution in [-0.2, 0) is 0 Å². The molecule has 1 atom stereocenters. The fourth-order valence-electron chi connectivity index (χ4n) is 2.74. The van der Waals surface area contributed by atoms with Gasteiger partial charge in [0.15, 0.2) is 0 Å². The number of benzene rings is 1. The molecule has 0 spiro atoms. The lowest BCUT2D eigenvalue weighted by Gasteiger charge is -2.21. The minimum atomic E-state index is -4.79. The molecule has 29 heavy (non-hydrogen) atoms. The molecule has 1 amide bonds. The highest BCUT2D eigenvalue weighted by molar-refractivity contribution is 5.94. The third kappa shape index (κ3) is 5.22. The van der Waals surface area contributed by atoms with E-state index in [-0.39, 0.29) is 16.9 Å². The van der Waals surface area contributed by atoms with Gasteiger partial charge in [0.1, 0.15) is 5.75 Å². The molecule has 0 aliphatic carbocycles. The Morgan fingerprint density at radius 3 is 2.45 bits per heavy atom. The summed E-state index contributed by atoms with van der Waals surface area (Å²) in [6.07, 6.45) is -1.96. The highest BCUT2D eigenvalue weighted by Crippen LogP contribution is 2.28. The largest absolute Gasteiger partial charge is 0.573 e. The lowest BCUT2D eigenvalue weighted by molar-refractivity contribution is -0.274. The molecule has 0 fully saturated rings. The van der Waals surface area contributed by atoms with Crippen molar-refractivity contribution in [1.82, 2.24) is 15.3 Å². The highest BCUT2D eigenvalue weighted by atomic mass is 19.4. The smallest absolute Gasteiger partial charge is 0.406 e. The van der Waals surface area contributed by atoms with Crippen LogP contribution in [0, 0.1) is 6.92 Å². The molecule has 0 aliphatic heterocycles. The Labute approximate surface area is 163 Å². The highest BCUT2D eigenvalue weighted by Gasteiger charge is 2.31. The van der Waals surface area contributed by atoms with E-state index in [9.17, 15) is 22.8 Å². The van der Waals surface area contributed by atoms with Crippen molar-refractivity contribution in [2.45, 2.75) is 19.3 Å². The molecule has 9 heteroatoms. The van der Waals surface area contributed by atoms with Crippen LogP contribution in [0.1, 0.15) is 33.2 Å². The number of aryl methyl sites for hydroxylation is 1. The van der Waals surface area contributed by atoms with Crippen LogP contribution in [-0.4, -0.2) is 22.2 Å². The number of carbonyl (C=O) groups excluding carboxylic acids is 1. The van der Waals surface area contributed by atoms with Crippen molar-refractivity contribution in [3.63, 3.8) is 0 Å². The van der Waals surface area contributed by atoms with Crippen LogP contribution in [0.5, 0.6) is 5.75 Å². The number of H-pyrrole nitrogens is 1. The van der Waals surface area contributed by atoms with Gasteiger partial charge in [-0.3, -0.25) is 14.6 Å². The first kappa shape index (κ1) is 20.1. The number of nitrogens with zero attached hydrogens (tertiary/aromatic N) is 1. The van der Waals surface area contributed by atoms with Gasteiger partial charge in [-0.1, -0.05) is 18.2 Å². The third-order valence-corrected chi connectivity index (χ3v) is 4.09. The molecule has 3 aromatic rings. The topological polar surface area (TPSA) is 84.1 Å². The maximum Gasteiger partial charge on any atom is 0.573 e. The molecule has 0 aliphatic rings. The van der Waals surface area contributed by atoms with Gasteiger partial charge in [-0.05, 0) is 42.3 Å². The number of carbonyl (C=O) groups is 1. The maximum absolute atomic E-state index is 12.6. The molecule has 6 nitrogen and oxygen atoms in total. The third-order valence-electron chi connectivity index (χ3n) is 4.09. The van der Waals surface area contributed by atoms with Crippen molar-refractivity contribution in [2.24, 2.45) is 0 Å². The molecule has 0 radical (unpaired) electrons. The second-order valence-corrected chi connectivity index (χ2v) is 6.17. The van der Waals surface area contributed by atoms with E-state index >= 15 is 0 Å². The first-order chi connectivity index (χ1) is 13.7. The van der Waals surface area contributed by atoms with Crippen LogP contribution in [0.25, 0.3) is 0 Å². The summed E-state index contributed by atoms with van der Waals surface area (Å²) in [6, 6.07) is 10.6. The zero-order chi connectivity index (χ0) is 21.0. The summed E-state index contributed by atoms with van der Waals surface area (Å²) in [5, 5.41) is 2.81. The van der Waals surface area contributed by atoms with Crippen molar-refractivity contribution < 1.29 is 22.7 Å². The molecule has 1 aromatic carbocycles. The molecule has 0 saturated carbocycles. The molecule has 2 aromatic heterocycles. The second kappa shape index (κ2) is 8.17. The number of rotatable bonds is 5. The number of alkyl halides is 3. The van der Waals surface area contributed by atoms with Crippen molar-refractivity contribution in [3.05, 3.63) is 93.7 Å². The molecule has 150 valence electrons. The summed E-state index contributed by atoms with van der Waals surface area (Å²) in [7, 11) is 0. The Morgan fingerprint density at radius 2 is 1.86 bits per heavy atom. The summed E-state index contributed by atoms with van der Waals surface area (Å²) in [6.45, 7) is 1.81. The quantitative estimate of drug-likeness (QED) is 0.683. The van der Waals surface area contributed by atoms with Gasteiger partial charge < -0.3 is 15.0 Å². The number of ether oxygens (including phenoxy) is 1. The van der Waals surface area contributed by atoms with E-state index in [1.165, 1.54) is 42.6 Å². The van der Waals surface area contributed by atoms with Gasteiger partial charge in [-0.15, -0.1) is 13.2 Å². The van der Waals surface area contributed by atoms with E-state index in [4.69, 9.17) is 0 Å². The SMILES string of the molecule is Cc1cccnc1C(NC(=O)c1ccc(=O)[nH]c1)c1ccc(OC(F)(F)F)cc1. The molecule has 0 bridgehead atoms. The van der Waals surface area contributed by atoms with Crippen LogP contribution in [0.3, 0.4) is 0 Å². The summed E-state index contributed by atoms with van der Waals surface area (Å²) < 4.78 is 41.1. The minimum absolute atomic E-state index is 0.222. The number of halogens is 3. The monoisotopic (exact) mass is 403 g/mol. The van der Waals surface area contributed by atoms with E-state index in [0.29, 0.717) is 11.3 Å². The molecule has 3 rings (SSSR count). The van der Waals surface area contributed by atoms with Gasteiger partial charge in [0.25, 0.3) is 5.91 Å². The molecule has 0 saturated heterocycles. The predicted molar refractivity (Wildman–Crippen MR) is 98.5 cm³/mol. The average Bonchev–Trinajstić information content (AvgIpc) is 2.67. The van der Waals surface area contributed by atoms with Crippen LogP contribution in [0.15, 0.2) is 65.7 Å². The number of pyridine rings is 2. The molecule has 1 unspecified atom stereocenters. The molecule has 2 N–H and O–H groups in total. The van der Waals surface area contributed by atoms with E-state index in [1.54, 1.807) is 12.3 Å². The van der Waals surface area contributed by atoms with Gasteiger partial charge in [-0.2, -0.15) is 0 Å². The Morgan fingerprint density at radius 1 is 1.14 bits per heavy atom. The Bertz CT molecular complexity index is 1040. The van der Waals surface area contributed by atoms with Crippen molar-refractivity contribution in [2.75, 3.05) is 0 Å². The van der Waals surface area contributed by atoms with Gasteiger partial charge >= 0.3 is 6.36 Å². The number of nitrogens with one attached hydrogen (secondary N) is 2. The maximum atomic E-state index is 12.6. The van der Waals surface area contributed by atoms with Crippen molar-refractivity contribution in [1.29, 1.82) is 0 Å². The number of amides is 1. The van der Waals surface area contributed by atoms with E-state index in [2.05, 4.69) is 20.0 Å². The van der Waals surface area contributed by atoms with Crippen LogP contribution < -0.4 is 15.6 Å². The minimum Gasteiger partial charge on any atom is -0.406 e. The second-order valence-electron chi connectivity index (χ2n) is 6.17. The van der Waals surface area contributed by atoms with Crippen LogP contribution in [0.2, 0.25) is 0 Å².